The van der Waals surface area contributed by atoms with Crippen LogP contribution in [0.15, 0.2) is 36.4 Å². The summed E-state index contributed by atoms with van der Waals surface area (Å²) in [5, 5.41) is 1.27. The molecule has 2 aromatic rings. The lowest BCUT2D eigenvalue weighted by molar-refractivity contribution is 0.247. The van der Waals surface area contributed by atoms with Crippen LogP contribution in [0.5, 0.6) is 17.2 Å². The average Bonchev–Trinajstić information content (AvgIpc) is 2.49. The van der Waals surface area contributed by atoms with Crippen LogP contribution < -0.4 is 14.2 Å². The number of rotatable bonds is 7. The number of ether oxygens (including phenoxy) is 3. The fraction of sp³-hybridized carbons (Fsp3) is 0.250. The highest BCUT2D eigenvalue weighted by molar-refractivity contribution is 6.40. The van der Waals surface area contributed by atoms with Gasteiger partial charge in [-0.2, -0.15) is 0 Å². The van der Waals surface area contributed by atoms with Gasteiger partial charge in [-0.3, -0.25) is 0 Å². The van der Waals surface area contributed by atoms with Gasteiger partial charge in [-0.25, -0.2) is 0 Å². The van der Waals surface area contributed by atoms with Crippen molar-refractivity contribution in [1.29, 1.82) is 0 Å². The molecule has 0 fully saturated rings. The number of benzene rings is 2. The molecule has 0 N–H and O–H groups in total. The van der Waals surface area contributed by atoms with Gasteiger partial charge < -0.3 is 14.2 Å². The smallest absolute Gasteiger partial charge is 0.156 e. The minimum absolute atomic E-state index is 0.397. The Hall–Kier alpha value is -1.29. The molecule has 0 atom stereocenters. The standard InChI is InChI=1S/C16H15Cl3O3/c1-20-12-3-5-13(6-4-12)21-7-2-8-22-16-14(18)9-11(17)10-15(16)19/h3-6,9-10H,2,7-8H2,1H3. The SMILES string of the molecule is COc1ccc(OCCCOc2c(Cl)cc(Cl)cc2Cl)cc1. The second kappa shape index (κ2) is 8.37. The predicted octanol–water partition coefficient (Wildman–Crippen LogP) is 5.50. The van der Waals surface area contributed by atoms with Crippen LogP contribution in [-0.2, 0) is 0 Å². The molecule has 118 valence electrons. The highest BCUT2D eigenvalue weighted by Crippen LogP contribution is 2.35. The molecular formula is C16H15Cl3O3. The lowest BCUT2D eigenvalue weighted by Gasteiger charge is -2.11. The van der Waals surface area contributed by atoms with E-state index >= 15 is 0 Å². The summed E-state index contributed by atoms with van der Waals surface area (Å²) in [5.41, 5.74) is 0. The first-order valence-electron chi connectivity index (χ1n) is 6.64. The van der Waals surface area contributed by atoms with Crippen LogP contribution in [0.4, 0.5) is 0 Å². The zero-order chi connectivity index (χ0) is 15.9. The molecule has 0 aliphatic rings. The summed E-state index contributed by atoms with van der Waals surface area (Å²) in [4.78, 5) is 0. The van der Waals surface area contributed by atoms with Crippen LogP contribution in [0.25, 0.3) is 0 Å². The molecule has 0 amide bonds. The van der Waals surface area contributed by atoms with Crippen LogP contribution in [0, 0.1) is 0 Å². The quantitative estimate of drug-likeness (QED) is 0.609. The van der Waals surface area contributed by atoms with E-state index in [9.17, 15) is 0 Å². The average molecular weight is 362 g/mol. The molecule has 0 aliphatic carbocycles. The van der Waals surface area contributed by atoms with Crippen LogP contribution in [0.2, 0.25) is 15.1 Å². The zero-order valence-electron chi connectivity index (χ0n) is 11.9. The van der Waals surface area contributed by atoms with E-state index in [0.29, 0.717) is 40.5 Å². The molecule has 0 heterocycles. The first-order chi connectivity index (χ1) is 10.6. The maximum atomic E-state index is 6.04. The van der Waals surface area contributed by atoms with E-state index in [0.717, 1.165) is 11.5 Å². The van der Waals surface area contributed by atoms with Gasteiger partial charge in [-0.05, 0) is 36.4 Å². The Morgan fingerprint density at radius 2 is 1.36 bits per heavy atom. The van der Waals surface area contributed by atoms with Crippen LogP contribution >= 0.6 is 34.8 Å². The summed E-state index contributed by atoms with van der Waals surface area (Å²) in [6.45, 7) is 0.965. The van der Waals surface area contributed by atoms with Gasteiger partial charge in [0, 0.05) is 11.4 Å². The number of halogens is 3. The molecule has 2 aromatic carbocycles. The Kier molecular flexibility index (Phi) is 6.49. The third-order valence-electron chi connectivity index (χ3n) is 2.83. The third-order valence-corrected chi connectivity index (χ3v) is 3.61. The van der Waals surface area contributed by atoms with Gasteiger partial charge in [0.05, 0.1) is 30.4 Å². The first-order valence-corrected chi connectivity index (χ1v) is 7.77. The molecule has 2 rings (SSSR count). The van der Waals surface area contributed by atoms with Gasteiger partial charge in [0.15, 0.2) is 5.75 Å². The molecule has 0 aliphatic heterocycles. The first kappa shape index (κ1) is 17.1. The second-order valence-corrected chi connectivity index (χ2v) is 5.68. The zero-order valence-corrected chi connectivity index (χ0v) is 14.2. The van der Waals surface area contributed by atoms with Crippen molar-refractivity contribution in [3.05, 3.63) is 51.5 Å². The van der Waals surface area contributed by atoms with E-state index in [-0.39, 0.29) is 0 Å². The van der Waals surface area contributed by atoms with E-state index in [2.05, 4.69) is 0 Å². The van der Waals surface area contributed by atoms with Gasteiger partial charge in [-0.15, -0.1) is 0 Å². The van der Waals surface area contributed by atoms with Crippen molar-refractivity contribution in [2.45, 2.75) is 6.42 Å². The summed E-state index contributed by atoms with van der Waals surface area (Å²) >= 11 is 17.9. The molecule has 0 radical (unpaired) electrons. The van der Waals surface area contributed by atoms with Crippen molar-refractivity contribution in [2.24, 2.45) is 0 Å². The van der Waals surface area contributed by atoms with Gasteiger partial charge >= 0.3 is 0 Å². The second-order valence-electron chi connectivity index (χ2n) is 4.42. The summed E-state index contributed by atoms with van der Waals surface area (Å²) in [6, 6.07) is 10.6. The highest BCUT2D eigenvalue weighted by atomic mass is 35.5. The van der Waals surface area contributed by atoms with Gasteiger partial charge in [-0.1, -0.05) is 34.8 Å². The number of hydrogen-bond acceptors (Lipinski definition) is 3. The van der Waals surface area contributed by atoms with Crippen LogP contribution in [0.3, 0.4) is 0 Å². The van der Waals surface area contributed by atoms with Gasteiger partial charge in [0.25, 0.3) is 0 Å². The molecule has 6 heteroatoms. The molecular weight excluding hydrogens is 347 g/mol. The lowest BCUT2D eigenvalue weighted by atomic mass is 10.3. The Bertz CT molecular complexity index is 592. The highest BCUT2D eigenvalue weighted by Gasteiger charge is 2.08. The maximum absolute atomic E-state index is 6.04. The normalized spacial score (nSPS) is 10.4. The Labute approximate surface area is 144 Å². The molecule has 0 bridgehead atoms. The van der Waals surface area contributed by atoms with Crippen molar-refractivity contribution < 1.29 is 14.2 Å². The molecule has 0 unspecified atom stereocenters. The fourth-order valence-electron chi connectivity index (χ4n) is 1.76. The summed E-state index contributed by atoms with van der Waals surface area (Å²) in [5.74, 6) is 2.02. The molecule has 0 saturated carbocycles. The van der Waals surface area contributed by atoms with Crippen molar-refractivity contribution in [3.63, 3.8) is 0 Å². The Morgan fingerprint density at radius 3 is 1.95 bits per heavy atom. The van der Waals surface area contributed by atoms with Crippen LogP contribution in [-0.4, -0.2) is 20.3 Å². The van der Waals surface area contributed by atoms with E-state index in [4.69, 9.17) is 49.0 Å². The topological polar surface area (TPSA) is 27.7 Å². The number of methoxy groups -OCH3 is 1. The molecule has 0 aromatic heterocycles. The third kappa shape index (κ3) is 4.87. The Balaban J connectivity index is 1.75. The Morgan fingerprint density at radius 1 is 0.818 bits per heavy atom. The van der Waals surface area contributed by atoms with Crippen molar-refractivity contribution in [1.82, 2.24) is 0 Å². The monoisotopic (exact) mass is 360 g/mol. The summed E-state index contributed by atoms with van der Waals surface area (Å²) < 4.78 is 16.3. The van der Waals surface area contributed by atoms with E-state index in [1.165, 1.54) is 0 Å². The predicted molar refractivity (Wildman–Crippen MR) is 90.1 cm³/mol. The lowest BCUT2D eigenvalue weighted by Crippen LogP contribution is -2.05. The van der Waals surface area contributed by atoms with Crippen molar-refractivity contribution in [3.8, 4) is 17.2 Å². The number of hydrogen-bond donors (Lipinski definition) is 0. The molecule has 3 nitrogen and oxygen atoms in total. The minimum Gasteiger partial charge on any atom is -0.497 e. The van der Waals surface area contributed by atoms with E-state index in [1.807, 2.05) is 24.3 Å². The van der Waals surface area contributed by atoms with Gasteiger partial charge in [0.1, 0.15) is 11.5 Å². The minimum atomic E-state index is 0.397. The molecule has 0 spiro atoms. The van der Waals surface area contributed by atoms with E-state index < -0.39 is 0 Å². The van der Waals surface area contributed by atoms with Crippen molar-refractivity contribution in [2.75, 3.05) is 20.3 Å². The maximum Gasteiger partial charge on any atom is 0.156 e. The largest absolute Gasteiger partial charge is 0.497 e. The van der Waals surface area contributed by atoms with Gasteiger partial charge in [0.2, 0.25) is 0 Å². The van der Waals surface area contributed by atoms with Crippen molar-refractivity contribution >= 4 is 34.8 Å². The summed E-state index contributed by atoms with van der Waals surface area (Å²) in [7, 11) is 1.63. The molecule has 0 saturated heterocycles. The fourth-order valence-corrected chi connectivity index (χ4v) is 2.69. The summed E-state index contributed by atoms with van der Waals surface area (Å²) in [6.07, 6.45) is 0.696. The van der Waals surface area contributed by atoms with Crippen LogP contribution in [0.1, 0.15) is 6.42 Å². The van der Waals surface area contributed by atoms with E-state index in [1.54, 1.807) is 19.2 Å². The molecule has 22 heavy (non-hydrogen) atoms.